The number of carbonyl (C=O) groups excluding carboxylic acids is 1. The Hall–Kier alpha value is -3.32. The normalized spacial score (nSPS) is 11.3. The maximum atomic E-state index is 11.9. The summed E-state index contributed by atoms with van der Waals surface area (Å²) in [6.07, 6.45) is 3.75. The van der Waals surface area contributed by atoms with Gasteiger partial charge in [-0.1, -0.05) is 48.5 Å². The highest BCUT2D eigenvalue weighted by Crippen LogP contribution is 2.26. The first-order valence-electron chi connectivity index (χ1n) is 8.13. The van der Waals surface area contributed by atoms with E-state index in [1.54, 1.807) is 6.92 Å². The van der Waals surface area contributed by atoms with Gasteiger partial charge in [0.2, 0.25) is 0 Å². The summed E-state index contributed by atoms with van der Waals surface area (Å²) >= 11 is 0. The molecule has 3 rings (SSSR count). The first-order chi connectivity index (χ1) is 12.2. The van der Waals surface area contributed by atoms with Crippen LogP contribution < -0.4 is 0 Å². The second-order valence-corrected chi connectivity index (χ2v) is 5.57. The number of hydrogen-bond acceptors (Lipinski definition) is 3. The summed E-state index contributed by atoms with van der Waals surface area (Å²) in [6, 6.07) is 19.6. The van der Waals surface area contributed by atoms with Gasteiger partial charge in [-0.2, -0.15) is 5.26 Å². The molecule has 0 bridgehead atoms. The smallest absolute Gasteiger partial charge is 0.325 e. The van der Waals surface area contributed by atoms with E-state index < -0.39 is 0 Å². The minimum atomic E-state index is -0.276. The van der Waals surface area contributed by atoms with Gasteiger partial charge in [0.1, 0.15) is 6.54 Å². The molecule has 0 aliphatic heterocycles. The van der Waals surface area contributed by atoms with Crippen LogP contribution in [0.25, 0.3) is 22.6 Å². The van der Waals surface area contributed by atoms with Crippen LogP contribution in [0.4, 0.5) is 0 Å². The average Bonchev–Trinajstić information content (AvgIpc) is 2.98. The van der Waals surface area contributed by atoms with E-state index in [4.69, 9.17) is 4.74 Å². The largest absolute Gasteiger partial charge is 0.465 e. The number of ether oxygens (including phenoxy) is 1. The van der Waals surface area contributed by atoms with E-state index in [-0.39, 0.29) is 12.5 Å². The van der Waals surface area contributed by atoms with Crippen LogP contribution >= 0.6 is 0 Å². The summed E-state index contributed by atoms with van der Waals surface area (Å²) in [4.78, 5) is 11.9. The zero-order valence-corrected chi connectivity index (χ0v) is 14.0. The molecule has 2 aromatic carbocycles. The van der Waals surface area contributed by atoms with Crippen LogP contribution in [0, 0.1) is 11.3 Å². The molecule has 0 atom stereocenters. The Morgan fingerprint density at radius 1 is 1.16 bits per heavy atom. The van der Waals surface area contributed by atoms with Crippen molar-refractivity contribution in [3.8, 4) is 6.07 Å². The summed E-state index contributed by atoms with van der Waals surface area (Å²) in [5.74, 6) is -0.276. The summed E-state index contributed by atoms with van der Waals surface area (Å²) in [5, 5.41) is 10.5. The molecule has 124 valence electrons. The molecule has 1 aromatic heterocycles. The van der Waals surface area contributed by atoms with Gasteiger partial charge >= 0.3 is 5.97 Å². The minimum absolute atomic E-state index is 0.148. The molecule has 25 heavy (non-hydrogen) atoms. The van der Waals surface area contributed by atoms with Gasteiger partial charge < -0.3 is 9.30 Å². The number of nitriles is 1. The molecule has 0 saturated carbocycles. The molecule has 0 saturated heterocycles. The fourth-order valence-corrected chi connectivity index (χ4v) is 2.82. The lowest BCUT2D eigenvalue weighted by Gasteiger charge is -2.04. The first-order valence-corrected chi connectivity index (χ1v) is 8.13. The van der Waals surface area contributed by atoms with Gasteiger partial charge in [0, 0.05) is 22.7 Å². The van der Waals surface area contributed by atoms with Gasteiger partial charge in [0.05, 0.1) is 18.2 Å². The van der Waals surface area contributed by atoms with Crippen molar-refractivity contribution in [2.45, 2.75) is 13.5 Å². The number of allylic oxidation sites excluding steroid dienone is 1. The van der Waals surface area contributed by atoms with Crippen molar-refractivity contribution >= 4 is 28.5 Å². The predicted octanol–water partition coefficient (Wildman–Crippen LogP) is 4.27. The number of para-hydroxylation sites is 1. The molecular formula is C21H18N2O2. The maximum Gasteiger partial charge on any atom is 0.325 e. The van der Waals surface area contributed by atoms with Gasteiger partial charge in [-0.05, 0) is 24.6 Å². The van der Waals surface area contributed by atoms with Crippen LogP contribution in [0.1, 0.15) is 18.1 Å². The number of nitrogens with zero attached hydrogens (tertiary/aromatic N) is 2. The predicted molar refractivity (Wildman–Crippen MR) is 98.5 cm³/mol. The highest BCUT2D eigenvalue weighted by Gasteiger charge is 2.11. The van der Waals surface area contributed by atoms with Crippen molar-refractivity contribution in [3.63, 3.8) is 0 Å². The Balaban J connectivity index is 2.06. The van der Waals surface area contributed by atoms with Crippen molar-refractivity contribution in [1.82, 2.24) is 4.57 Å². The second-order valence-electron chi connectivity index (χ2n) is 5.57. The Labute approximate surface area is 146 Å². The van der Waals surface area contributed by atoms with Crippen LogP contribution in [0.15, 0.2) is 60.8 Å². The van der Waals surface area contributed by atoms with Gasteiger partial charge in [0.25, 0.3) is 0 Å². The van der Waals surface area contributed by atoms with E-state index in [1.165, 1.54) is 0 Å². The molecule has 0 aliphatic carbocycles. The standard InChI is InChI=1S/C21H18N2O2/c1-2-25-21(24)15-23-14-18(19-10-6-7-11-20(19)23)12-17(13-22)16-8-4-3-5-9-16/h3-12,14H,2,15H2,1H3/b17-12-. The highest BCUT2D eigenvalue weighted by atomic mass is 16.5. The third-order valence-corrected chi connectivity index (χ3v) is 3.93. The molecule has 1 heterocycles. The summed E-state index contributed by atoms with van der Waals surface area (Å²) in [7, 11) is 0. The summed E-state index contributed by atoms with van der Waals surface area (Å²) in [6.45, 7) is 2.30. The minimum Gasteiger partial charge on any atom is -0.465 e. The summed E-state index contributed by atoms with van der Waals surface area (Å²) < 4.78 is 6.91. The molecule has 0 amide bonds. The van der Waals surface area contributed by atoms with Crippen LogP contribution in [-0.4, -0.2) is 17.1 Å². The third-order valence-electron chi connectivity index (χ3n) is 3.93. The Kier molecular flexibility index (Phi) is 4.96. The van der Waals surface area contributed by atoms with Crippen molar-refractivity contribution in [3.05, 3.63) is 71.9 Å². The van der Waals surface area contributed by atoms with E-state index in [1.807, 2.05) is 71.4 Å². The molecule has 0 N–H and O–H groups in total. The molecule has 4 nitrogen and oxygen atoms in total. The van der Waals surface area contributed by atoms with Crippen molar-refractivity contribution in [1.29, 1.82) is 5.26 Å². The van der Waals surface area contributed by atoms with E-state index >= 15 is 0 Å². The highest BCUT2D eigenvalue weighted by molar-refractivity contribution is 5.98. The lowest BCUT2D eigenvalue weighted by molar-refractivity contribution is -0.143. The number of aromatic nitrogens is 1. The first kappa shape index (κ1) is 16.5. The monoisotopic (exact) mass is 330 g/mol. The molecule has 0 unspecified atom stereocenters. The zero-order chi connectivity index (χ0) is 17.6. The molecular weight excluding hydrogens is 312 g/mol. The average molecular weight is 330 g/mol. The Morgan fingerprint density at radius 3 is 2.60 bits per heavy atom. The Bertz CT molecular complexity index is 962. The lowest BCUT2D eigenvalue weighted by Crippen LogP contribution is -2.12. The van der Waals surface area contributed by atoms with Crippen LogP contribution in [0.2, 0.25) is 0 Å². The Morgan fingerprint density at radius 2 is 1.88 bits per heavy atom. The van der Waals surface area contributed by atoms with Crippen molar-refractivity contribution < 1.29 is 9.53 Å². The van der Waals surface area contributed by atoms with E-state index in [9.17, 15) is 10.1 Å². The third kappa shape index (κ3) is 3.61. The quantitative estimate of drug-likeness (QED) is 0.518. The molecule has 0 aliphatic rings. The number of fused-ring (bicyclic) bond motifs is 1. The van der Waals surface area contributed by atoms with Crippen LogP contribution in [0.3, 0.4) is 0 Å². The summed E-state index contributed by atoms with van der Waals surface area (Å²) in [5.41, 5.74) is 3.29. The molecule has 0 spiro atoms. The number of rotatable bonds is 5. The fraction of sp³-hybridized carbons (Fsp3) is 0.143. The van der Waals surface area contributed by atoms with E-state index in [2.05, 4.69) is 6.07 Å². The van der Waals surface area contributed by atoms with Crippen LogP contribution in [-0.2, 0) is 16.1 Å². The SMILES string of the molecule is CCOC(=O)Cn1cc(/C=C(/C#N)c2ccccc2)c2ccccc21. The molecule has 4 heteroatoms. The molecule has 3 aromatic rings. The lowest BCUT2D eigenvalue weighted by atomic mass is 10.0. The number of carbonyl (C=O) groups is 1. The van der Waals surface area contributed by atoms with Gasteiger partial charge in [-0.3, -0.25) is 4.79 Å². The van der Waals surface area contributed by atoms with Gasteiger partial charge in [-0.15, -0.1) is 0 Å². The number of hydrogen-bond donors (Lipinski definition) is 0. The van der Waals surface area contributed by atoms with Crippen LogP contribution in [0.5, 0.6) is 0 Å². The van der Waals surface area contributed by atoms with E-state index in [0.717, 1.165) is 22.0 Å². The number of esters is 1. The molecule has 0 fully saturated rings. The topological polar surface area (TPSA) is 55.0 Å². The van der Waals surface area contributed by atoms with Gasteiger partial charge in [0.15, 0.2) is 0 Å². The maximum absolute atomic E-state index is 11.9. The van der Waals surface area contributed by atoms with Crippen molar-refractivity contribution in [2.24, 2.45) is 0 Å². The van der Waals surface area contributed by atoms with E-state index in [0.29, 0.717) is 12.2 Å². The second kappa shape index (κ2) is 7.50. The van der Waals surface area contributed by atoms with Crippen molar-refractivity contribution in [2.75, 3.05) is 6.61 Å². The van der Waals surface area contributed by atoms with Gasteiger partial charge in [-0.25, -0.2) is 0 Å². The fourth-order valence-electron chi connectivity index (χ4n) is 2.82. The number of benzene rings is 2. The molecule has 0 radical (unpaired) electrons. The zero-order valence-electron chi connectivity index (χ0n) is 14.0.